The fraction of sp³-hybridized carbons (Fsp3) is 0.600. The van der Waals surface area contributed by atoms with Gasteiger partial charge in [0.05, 0.1) is 0 Å². The molecule has 1 aromatic heterocycles. The van der Waals surface area contributed by atoms with Crippen molar-refractivity contribution < 1.29 is 4.79 Å². The van der Waals surface area contributed by atoms with E-state index in [0.29, 0.717) is 0 Å². The van der Waals surface area contributed by atoms with E-state index in [1.54, 1.807) is 12.4 Å². The first-order valence-corrected chi connectivity index (χ1v) is 7.04. The number of aromatic nitrogens is 1. The summed E-state index contributed by atoms with van der Waals surface area (Å²) in [6, 6.07) is 3.63. The zero-order chi connectivity index (χ0) is 12.4. The number of amides is 1. The van der Waals surface area contributed by atoms with Crippen molar-refractivity contribution in [2.24, 2.45) is 11.8 Å². The van der Waals surface area contributed by atoms with E-state index < -0.39 is 0 Å². The Balaban J connectivity index is 1.69. The van der Waals surface area contributed by atoms with Gasteiger partial charge >= 0.3 is 0 Å². The number of likely N-dealkylation sites (tertiary alicyclic amines) is 1. The molecule has 0 radical (unpaired) electrons. The van der Waals surface area contributed by atoms with Crippen molar-refractivity contribution in [3.8, 4) is 0 Å². The van der Waals surface area contributed by atoms with Gasteiger partial charge in [0.25, 0.3) is 5.91 Å². The maximum atomic E-state index is 12.4. The van der Waals surface area contributed by atoms with Gasteiger partial charge in [-0.3, -0.25) is 9.78 Å². The highest BCUT2D eigenvalue weighted by molar-refractivity contribution is 5.94. The number of nitrogens with zero attached hydrogens (tertiary/aromatic N) is 2. The Labute approximate surface area is 108 Å². The summed E-state index contributed by atoms with van der Waals surface area (Å²) in [4.78, 5) is 18.4. The van der Waals surface area contributed by atoms with Gasteiger partial charge < -0.3 is 4.90 Å². The van der Waals surface area contributed by atoms with Gasteiger partial charge in [0.2, 0.25) is 0 Å². The number of carbonyl (C=O) groups excluding carboxylic acids is 1. The van der Waals surface area contributed by atoms with Gasteiger partial charge in [-0.05, 0) is 36.8 Å². The van der Waals surface area contributed by atoms with Crippen molar-refractivity contribution in [3.63, 3.8) is 0 Å². The topological polar surface area (TPSA) is 33.2 Å². The third-order valence-corrected chi connectivity index (χ3v) is 4.51. The zero-order valence-corrected chi connectivity index (χ0v) is 10.7. The molecule has 1 aliphatic carbocycles. The van der Waals surface area contributed by atoms with Gasteiger partial charge in [0, 0.05) is 31.0 Å². The Bertz CT molecular complexity index is 418. The molecule has 1 aromatic rings. The number of pyridine rings is 1. The third-order valence-electron chi connectivity index (χ3n) is 4.51. The first kappa shape index (κ1) is 11.7. The van der Waals surface area contributed by atoms with Crippen LogP contribution in [0, 0.1) is 11.8 Å². The van der Waals surface area contributed by atoms with Crippen LogP contribution in [0.4, 0.5) is 0 Å². The van der Waals surface area contributed by atoms with Crippen LogP contribution in [-0.4, -0.2) is 28.9 Å². The summed E-state index contributed by atoms with van der Waals surface area (Å²) in [7, 11) is 0. The van der Waals surface area contributed by atoms with E-state index in [2.05, 4.69) is 4.98 Å². The van der Waals surface area contributed by atoms with E-state index in [1.807, 2.05) is 17.0 Å². The summed E-state index contributed by atoms with van der Waals surface area (Å²) >= 11 is 0. The average Bonchev–Trinajstić information content (AvgIpc) is 2.47. The van der Waals surface area contributed by atoms with E-state index in [-0.39, 0.29) is 5.91 Å². The van der Waals surface area contributed by atoms with E-state index in [4.69, 9.17) is 0 Å². The molecule has 2 heterocycles. The summed E-state index contributed by atoms with van der Waals surface area (Å²) in [5.74, 6) is 1.81. The molecule has 1 saturated carbocycles. The zero-order valence-electron chi connectivity index (χ0n) is 10.7. The molecule has 96 valence electrons. The minimum Gasteiger partial charge on any atom is -0.338 e. The molecule has 3 rings (SSSR count). The molecule has 1 aliphatic heterocycles. The van der Waals surface area contributed by atoms with Crippen LogP contribution >= 0.6 is 0 Å². The second kappa shape index (κ2) is 5.09. The molecule has 18 heavy (non-hydrogen) atoms. The predicted molar refractivity (Wildman–Crippen MR) is 70.2 cm³/mol. The Morgan fingerprint density at radius 2 is 1.83 bits per heavy atom. The Morgan fingerprint density at radius 1 is 1.11 bits per heavy atom. The number of rotatable bonds is 1. The maximum absolute atomic E-state index is 12.4. The third kappa shape index (κ3) is 2.26. The molecule has 0 bridgehead atoms. The summed E-state index contributed by atoms with van der Waals surface area (Å²) < 4.78 is 0. The minimum absolute atomic E-state index is 0.182. The molecule has 0 spiro atoms. The van der Waals surface area contributed by atoms with Gasteiger partial charge in [-0.1, -0.05) is 19.3 Å². The van der Waals surface area contributed by atoms with Crippen molar-refractivity contribution in [1.29, 1.82) is 0 Å². The quantitative estimate of drug-likeness (QED) is 0.761. The van der Waals surface area contributed by atoms with Crippen molar-refractivity contribution in [1.82, 2.24) is 9.88 Å². The molecular weight excluding hydrogens is 224 g/mol. The molecule has 2 atom stereocenters. The number of hydrogen-bond donors (Lipinski definition) is 0. The second-order valence-electron chi connectivity index (χ2n) is 5.58. The lowest BCUT2D eigenvalue weighted by atomic mass is 9.75. The molecule has 2 fully saturated rings. The van der Waals surface area contributed by atoms with Crippen LogP contribution in [0.25, 0.3) is 0 Å². The number of fused-ring (bicyclic) bond motifs is 1. The molecule has 3 heteroatoms. The summed E-state index contributed by atoms with van der Waals surface area (Å²) in [6.45, 7) is 1.90. The van der Waals surface area contributed by atoms with Crippen molar-refractivity contribution in [3.05, 3.63) is 30.1 Å². The van der Waals surface area contributed by atoms with Crippen LogP contribution in [0.1, 0.15) is 42.5 Å². The lowest BCUT2D eigenvalue weighted by Gasteiger charge is -2.41. The van der Waals surface area contributed by atoms with Gasteiger partial charge in [0.15, 0.2) is 0 Å². The van der Waals surface area contributed by atoms with Crippen LogP contribution in [0.3, 0.4) is 0 Å². The van der Waals surface area contributed by atoms with E-state index >= 15 is 0 Å². The smallest absolute Gasteiger partial charge is 0.253 e. The summed E-state index contributed by atoms with van der Waals surface area (Å²) in [6.07, 6.45) is 10.0. The van der Waals surface area contributed by atoms with Gasteiger partial charge in [-0.2, -0.15) is 0 Å². The number of carbonyl (C=O) groups is 1. The van der Waals surface area contributed by atoms with Crippen molar-refractivity contribution in [2.45, 2.75) is 32.1 Å². The number of piperidine rings is 1. The largest absolute Gasteiger partial charge is 0.338 e. The fourth-order valence-electron chi connectivity index (χ4n) is 3.46. The van der Waals surface area contributed by atoms with E-state index in [0.717, 1.165) is 30.5 Å². The predicted octanol–water partition coefficient (Wildman–Crippen LogP) is 2.73. The summed E-state index contributed by atoms with van der Waals surface area (Å²) in [5.41, 5.74) is 0.777. The van der Waals surface area contributed by atoms with Crippen molar-refractivity contribution >= 4 is 5.91 Å². The Kier molecular flexibility index (Phi) is 3.31. The Morgan fingerprint density at radius 3 is 2.61 bits per heavy atom. The first-order valence-electron chi connectivity index (χ1n) is 7.04. The van der Waals surface area contributed by atoms with Crippen LogP contribution in [0.15, 0.2) is 24.5 Å². The highest BCUT2D eigenvalue weighted by atomic mass is 16.2. The second-order valence-corrected chi connectivity index (χ2v) is 5.58. The molecule has 0 N–H and O–H groups in total. The van der Waals surface area contributed by atoms with Gasteiger partial charge in [-0.15, -0.1) is 0 Å². The van der Waals surface area contributed by atoms with Gasteiger partial charge in [0.1, 0.15) is 0 Å². The van der Waals surface area contributed by atoms with E-state index in [1.165, 1.54) is 32.1 Å². The van der Waals surface area contributed by atoms with E-state index in [9.17, 15) is 4.79 Å². The lowest BCUT2D eigenvalue weighted by molar-refractivity contribution is 0.0521. The molecule has 0 unspecified atom stereocenters. The molecule has 3 nitrogen and oxygen atoms in total. The maximum Gasteiger partial charge on any atom is 0.253 e. The van der Waals surface area contributed by atoms with Crippen molar-refractivity contribution in [2.75, 3.05) is 13.1 Å². The average molecular weight is 244 g/mol. The monoisotopic (exact) mass is 244 g/mol. The minimum atomic E-state index is 0.182. The Hall–Kier alpha value is -1.38. The SMILES string of the molecule is O=C(c1ccncc1)N1CC[C@@H]2CCCC[C@@H]2C1. The molecular formula is C15H20N2O. The van der Waals surface area contributed by atoms with Crippen LogP contribution in [-0.2, 0) is 0 Å². The van der Waals surface area contributed by atoms with Crippen LogP contribution < -0.4 is 0 Å². The fourth-order valence-corrected chi connectivity index (χ4v) is 3.46. The molecule has 1 saturated heterocycles. The lowest BCUT2D eigenvalue weighted by Crippen LogP contribution is -2.44. The van der Waals surface area contributed by atoms with Crippen LogP contribution in [0.2, 0.25) is 0 Å². The number of hydrogen-bond acceptors (Lipinski definition) is 2. The first-order chi connectivity index (χ1) is 8.84. The van der Waals surface area contributed by atoms with Crippen LogP contribution in [0.5, 0.6) is 0 Å². The molecule has 1 amide bonds. The highest BCUT2D eigenvalue weighted by Gasteiger charge is 2.33. The summed E-state index contributed by atoms with van der Waals surface area (Å²) in [5, 5.41) is 0. The van der Waals surface area contributed by atoms with Gasteiger partial charge in [-0.25, -0.2) is 0 Å². The normalized spacial score (nSPS) is 27.7. The molecule has 2 aliphatic rings. The molecule has 0 aromatic carbocycles. The standard InChI is InChI=1S/C15H20N2O/c18-15(13-5-8-16-9-6-13)17-10-7-12-3-1-2-4-14(12)11-17/h5-6,8-9,12,14H,1-4,7,10-11H2/t12-,14+/m0/s1. The highest BCUT2D eigenvalue weighted by Crippen LogP contribution is 2.36.